The number of benzene rings is 1. The summed E-state index contributed by atoms with van der Waals surface area (Å²) < 4.78 is 5.66. The Hall–Kier alpha value is -1.06. The van der Waals surface area contributed by atoms with Crippen LogP contribution in [0.2, 0.25) is 0 Å². The summed E-state index contributed by atoms with van der Waals surface area (Å²) >= 11 is 0. The molecule has 0 spiro atoms. The maximum atomic E-state index is 10.6. The first kappa shape index (κ1) is 13.4. The van der Waals surface area contributed by atoms with Crippen LogP contribution in [0.4, 0.5) is 0 Å². The van der Waals surface area contributed by atoms with Gasteiger partial charge in [-0.05, 0) is 25.5 Å². The van der Waals surface area contributed by atoms with E-state index in [4.69, 9.17) is 4.74 Å². The highest BCUT2D eigenvalue weighted by Crippen LogP contribution is 2.37. The molecule has 0 amide bonds. The summed E-state index contributed by atoms with van der Waals surface area (Å²) in [5.41, 5.74) is 1.30. The quantitative estimate of drug-likeness (QED) is 0.840. The second kappa shape index (κ2) is 5.29. The minimum absolute atomic E-state index is 0.443. The first-order valence-electron chi connectivity index (χ1n) is 6.71. The van der Waals surface area contributed by atoms with Gasteiger partial charge in [-0.25, -0.2) is 0 Å². The smallest absolute Gasteiger partial charge is 0.128 e. The molecule has 0 saturated heterocycles. The summed E-state index contributed by atoms with van der Waals surface area (Å²) in [4.78, 5) is 0. The van der Waals surface area contributed by atoms with Crippen molar-refractivity contribution in [3.8, 4) is 5.75 Å². The fourth-order valence-corrected chi connectivity index (χ4v) is 2.38. The van der Waals surface area contributed by atoms with Crippen LogP contribution in [-0.4, -0.2) is 24.3 Å². The molecule has 2 N–H and O–H groups in total. The van der Waals surface area contributed by atoms with E-state index in [0.717, 1.165) is 30.9 Å². The van der Waals surface area contributed by atoms with Gasteiger partial charge in [-0.15, -0.1) is 0 Å². The van der Waals surface area contributed by atoms with Crippen LogP contribution in [0.5, 0.6) is 5.75 Å². The summed E-state index contributed by atoms with van der Waals surface area (Å²) in [7, 11) is 0. The number of fused-ring (bicyclic) bond motifs is 1. The molecule has 3 heteroatoms. The van der Waals surface area contributed by atoms with Crippen LogP contribution in [0.15, 0.2) is 18.2 Å². The van der Waals surface area contributed by atoms with Crippen molar-refractivity contribution >= 4 is 0 Å². The van der Waals surface area contributed by atoms with Gasteiger partial charge >= 0.3 is 0 Å². The van der Waals surface area contributed by atoms with E-state index in [0.29, 0.717) is 12.5 Å². The third kappa shape index (κ3) is 2.85. The molecule has 0 bridgehead atoms. The molecule has 100 valence electrons. The van der Waals surface area contributed by atoms with Gasteiger partial charge in [-0.1, -0.05) is 32.0 Å². The molecule has 1 aliphatic heterocycles. The fourth-order valence-electron chi connectivity index (χ4n) is 2.38. The number of nitrogens with one attached hydrogen (secondary N) is 1. The Morgan fingerprint density at radius 1 is 1.44 bits per heavy atom. The van der Waals surface area contributed by atoms with Gasteiger partial charge in [0.25, 0.3) is 0 Å². The van der Waals surface area contributed by atoms with Gasteiger partial charge in [-0.2, -0.15) is 0 Å². The van der Waals surface area contributed by atoms with E-state index in [2.05, 4.69) is 25.2 Å². The largest absolute Gasteiger partial charge is 0.493 e. The Balaban J connectivity index is 2.12. The van der Waals surface area contributed by atoms with Crippen molar-refractivity contribution in [3.05, 3.63) is 29.3 Å². The number of rotatable bonds is 5. The normalized spacial score (nSPS) is 17.4. The van der Waals surface area contributed by atoms with Crippen LogP contribution in [0, 0.1) is 0 Å². The molecule has 1 heterocycles. The molecule has 1 atom stereocenters. The molecule has 18 heavy (non-hydrogen) atoms. The Kier molecular flexibility index (Phi) is 3.93. The van der Waals surface area contributed by atoms with Gasteiger partial charge in [0.15, 0.2) is 0 Å². The predicted octanol–water partition coefficient (Wildman–Crippen LogP) is 2.22. The first-order valence-corrected chi connectivity index (χ1v) is 6.71. The van der Waals surface area contributed by atoms with Crippen molar-refractivity contribution in [2.45, 2.75) is 45.3 Å². The SMILES string of the molecule is CC(C)NCCC(C)(O)c1cccc2c1OCC2. The number of ether oxygens (including phenoxy) is 1. The van der Waals surface area contributed by atoms with E-state index in [9.17, 15) is 5.11 Å². The lowest BCUT2D eigenvalue weighted by molar-refractivity contribution is 0.0450. The van der Waals surface area contributed by atoms with Crippen LogP contribution in [0.3, 0.4) is 0 Å². The molecular weight excluding hydrogens is 226 g/mol. The molecule has 0 radical (unpaired) electrons. The lowest BCUT2D eigenvalue weighted by Gasteiger charge is -2.26. The zero-order chi connectivity index (χ0) is 13.2. The zero-order valence-electron chi connectivity index (χ0n) is 11.5. The van der Waals surface area contributed by atoms with Gasteiger partial charge in [0.05, 0.1) is 12.2 Å². The molecule has 3 nitrogen and oxygen atoms in total. The van der Waals surface area contributed by atoms with Crippen molar-refractivity contribution in [2.75, 3.05) is 13.2 Å². The zero-order valence-corrected chi connectivity index (χ0v) is 11.5. The highest BCUT2D eigenvalue weighted by atomic mass is 16.5. The highest BCUT2D eigenvalue weighted by Gasteiger charge is 2.29. The molecule has 0 saturated carbocycles. The van der Waals surface area contributed by atoms with E-state index in [1.807, 2.05) is 19.1 Å². The van der Waals surface area contributed by atoms with Crippen molar-refractivity contribution in [3.63, 3.8) is 0 Å². The van der Waals surface area contributed by atoms with Crippen molar-refractivity contribution in [2.24, 2.45) is 0 Å². The van der Waals surface area contributed by atoms with Crippen molar-refractivity contribution in [1.82, 2.24) is 5.32 Å². The Bertz CT molecular complexity index is 413. The molecule has 0 aromatic heterocycles. The van der Waals surface area contributed by atoms with Gasteiger partial charge in [-0.3, -0.25) is 0 Å². The van der Waals surface area contributed by atoms with E-state index in [1.165, 1.54) is 5.56 Å². The monoisotopic (exact) mass is 249 g/mol. The summed E-state index contributed by atoms with van der Waals surface area (Å²) in [5.74, 6) is 0.895. The topological polar surface area (TPSA) is 41.5 Å². The second-order valence-electron chi connectivity index (χ2n) is 5.52. The minimum atomic E-state index is -0.836. The van der Waals surface area contributed by atoms with Crippen LogP contribution >= 0.6 is 0 Å². The third-order valence-electron chi connectivity index (χ3n) is 3.46. The standard InChI is InChI=1S/C15H23NO2/c1-11(2)16-9-8-15(3,17)13-6-4-5-12-7-10-18-14(12)13/h4-6,11,16-17H,7-10H2,1-3H3. The second-order valence-corrected chi connectivity index (χ2v) is 5.52. The maximum absolute atomic E-state index is 10.6. The lowest BCUT2D eigenvalue weighted by atomic mass is 9.90. The number of hydrogen-bond acceptors (Lipinski definition) is 3. The molecule has 1 aromatic carbocycles. The van der Waals surface area contributed by atoms with E-state index >= 15 is 0 Å². The van der Waals surface area contributed by atoms with E-state index in [1.54, 1.807) is 0 Å². The molecule has 1 aliphatic rings. The maximum Gasteiger partial charge on any atom is 0.128 e. The van der Waals surface area contributed by atoms with Gasteiger partial charge in [0.1, 0.15) is 5.75 Å². The molecule has 1 aromatic rings. The molecular formula is C15H23NO2. The van der Waals surface area contributed by atoms with Crippen molar-refractivity contribution in [1.29, 1.82) is 0 Å². The summed E-state index contributed by atoms with van der Waals surface area (Å²) in [6.07, 6.45) is 1.63. The van der Waals surface area contributed by atoms with Crippen LogP contribution < -0.4 is 10.1 Å². The fraction of sp³-hybridized carbons (Fsp3) is 0.600. The Labute approximate surface area is 109 Å². The molecule has 1 unspecified atom stereocenters. The highest BCUT2D eigenvalue weighted by molar-refractivity contribution is 5.46. The summed E-state index contributed by atoms with van der Waals surface area (Å²) in [5, 5.41) is 14.0. The van der Waals surface area contributed by atoms with E-state index < -0.39 is 5.60 Å². The number of para-hydroxylation sites is 1. The minimum Gasteiger partial charge on any atom is -0.493 e. The third-order valence-corrected chi connectivity index (χ3v) is 3.46. The van der Waals surface area contributed by atoms with Gasteiger partial charge in [0.2, 0.25) is 0 Å². The average molecular weight is 249 g/mol. The number of aliphatic hydroxyl groups is 1. The summed E-state index contributed by atoms with van der Waals surface area (Å²) in [6, 6.07) is 6.50. The first-order chi connectivity index (χ1) is 8.50. The van der Waals surface area contributed by atoms with Gasteiger partial charge in [0, 0.05) is 18.0 Å². The predicted molar refractivity (Wildman–Crippen MR) is 73.0 cm³/mol. The van der Waals surface area contributed by atoms with Crippen molar-refractivity contribution < 1.29 is 9.84 Å². The number of hydrogen-bond donors (Lipinski definition) is 2. The van der Waals surface area contributed by atoms with E-state index in [-0.39, 0.29) is 0 Å². The average Bonchev–Trinajstić information content (AvgIpc) is 2.75. The van der Waals surface area contributed by atoms with Crippen LogP contribution in [0.1, 0.15) is 38.3 Å². The molecule has 0 fully saturated rings. The Morgan fingerprint density at radius 3 is 2.94 bits per heavy atom. The Morgan fingerprint density at radius 2 is 2.22 bits per heavy atom. The molecule has 2 rings (SSSR count). The van der Waals surface area contributed by atoms with Crippen LogP contribution in [0.25, 0.3) is 0 Å². The lowest BCUT2D eigenvalue weighted by Crippen LogP contribution is -2.31. The van der Waals surface area contributed by atoms with Crippen LogP contribution in [-0.2, 0) is 12.0 Å². The summed E-state index contributed by atoms with van der Waals surface area (Å²) in [6.45, 7) is 7.61. The molecule has 0 aliphatic carbocycles. The van der Waals surface area contributed by atoms with Gasteiger partial charge < -0.3 is 15.2 Å².